The second-order valence-corrected chi connectivity index (χ2v) is 13.9. The molecule has 2 aromatic heterocycles. The second-order valence-electron chi connectivity index (χ2n) is 12.8. The summed E-state index contributed by atoms with van der Waals surface area (Å²) in [5.41, 5.74) is 7.45. The first-order chi connectivity index (χ1) is 25.2. The normalized spacial score (nSPS) is 11.5. The summed E-state index contributed by atoms with van der Waals surface area (Å²) < 4.78 is 2.43. The van der Waals surface area contributed by atoms with Gasteiger partial charge in [-0.1, -0.05) is 152 Å². The zero-order valence-electron chi connectivity index (χ0n) is 27.5. The van der Waals surface area contributed by atoms with Crippen LogP contribution in [0, 0.1) is 0 Å². The minimum Gasteiger partial charge on any atom is -0.208 e. The molecule has 0 saturated carbocycles. The van der Waals surface area contributed by atoms with E-state index < -0.39 is 0 Å². The number of nitrogens with zero attached hydrogens (tertiary/aromatic N) is 3. The maximum Gasteiger partial charge on any atom is 0.165 e. The zero-order valence-corrected chi connectivity index (χ0v) is 28.3. The summed E-state index contributed by atoms with van der Waals surface area (Å²) in [6, 6.07) is 62.2. The lowest BCUT2D eigenvalue weighted by molar-refractivity contribution is 1.08. The predicted molar refractivity (Wildman–Crippen MR) is 215 cm³/mol. The van der Waals surface area contributed by atoms with Crippen molar-refractivity contribution in [2.75, 3.05) is 0 Å². The van der Waals surface area contributed by atoms with Crippen molar-refractivity contribution >= 4 is 53.1 Å². The van der Waals surface area contributed by atoms with E-state index in [-0.39, 0.29) is 0 Å². The third-order valence-electron chi connectivity index (χ3n) is 9.73. The van der Waals surface area contributed by atoms with Gasteiger partial charge in [0.25, 0.3) is 0 Å². The molecule has 0 aliphatic carbocycles. The summed E-state index contributed by atoms with van der Waals surface area (Å²) in [5.74, 6) is 1.96. The molecule has 0 aliphatic rings. The van der Waals surface area contributed by atoms with Crippen molar-refractivity contribution in [2.45, 2.75) is 0 Å². The van der Waals surface area contributed by atoms with Crippen LogP contribution < -0.4 is 0 Å². The fraction of sp³-hybridized carbons (Fsp3) is 0. The molecule has 0 fully saturated rings. The smallest absolute Gasteiger partial charge is 0.165 e. The quantitative estimate of drug-likeness (QED) is 0.183. The van der Waals surface area contributed by atoms with Crippen molar-refractivity contribution in [3.63, 3.8) is 0 Å². The molecule has 0 unspecified atom stereocenters. The van der Waals surface area contributed by atoms with Crippen LogP contribution in [-0.4, -0.2) is 15.0 Å². The first-order valence-electron chi connectivity index (χ1n) is 17.1. The van der Waals surface area contributed by atoms with E-state index in [0.29, 0.717) is 17.5 Å². The van der Waals surface area contributed by atoms with Gasteiger partial charge in [-0.15, -0.1) is 11.3 Å². The molecule has 2 heterocycles. The van der Waals surface area contributed by atoms with Crippen LogP contribution in [0.5, 0.6) is 0 Å². The highest BCUT2D eigenvalue weighted by Crippen LogP contribution is 2.40. The van der Waals surface area contributed by atoms with Gasteiger partial charge in [0.15, 0.2) is 17.5 Å². The van der Waals surface area contributed by atoms with Crippen LogP contribution in [0.2, 0.25) is 0 Å². The minimum atomic E-state index is 0.645. The lowest BCUT2D eigenvalue weighted by Crippen LogP contribution is -2.01. The molecule has 10 rings (SSSR count). The molecule has 0 saturated heterocycles. The maximum atomic E-state index is 5.25. The van der Waals surface area contributed by atoms with Gasteiger partial charge in [-0.3, -0.25) is 0 Å². The SMILES string of the molecule is c1ccc(-c2nc(-c3ccc(-c4ccc5ccccc5c4)cc3)nc(-c3cccc4c3sc3ccccc34)n2)c(-c2ccc3ccccc3c2)c1. The minimum absolute atomic E-state index is 0.645. The van der Waals surface area contributed by atoms with Crippen molar-refractivity contribution in [1.29, 1.82) is 0 Å². The molecule has 0 bridgehead atoms. The van der Waals surface area contributed by atoms with E-state index in [9.17, 15) is 0 Å². The molecular weight excluding hydrogens is 639 g/mol. The largest absolute Gasteiger partial charge is 0.208 e. The Balaban J connectivity index is 1.15. The molecule has 0 atom stereocenters. The standard InChI is InChI=1S/C47H29N3S/c1-3-12-34-28-36(26-22-30(34)10-1)32-20-24-33(25-21-32)45-48-46(41-16-6-5-14-38(41)37-27-23-31-11-2-4-13-35(31)29-37)50-47(49-45)42-18-9-17-40-39-15-7-8-19-43(39)51-44(40)42/h1-29H. The van der Waals surface area contributed by atoms with Crippen molar-refractivity contribution in [1.82, 2.24) is 15.0 Å². The van der Waals surface area contributed by atoms with Gasteiger partial charge < -0.3 is 0 Å². The topological polar surface area (TPSA) is 38.7 Å². The Morgan fingerprint density at radius 2 is 0.824 bits per heavy atom. The van der Waals surface area contributed by atoms with E-state index >= 15 is 0 Å². The Labute approximate surface area is 299 Å². The number of thiophene rings is 1. The summed E-state index contributed by atoms with van der Waals surface area (Å²) in [4.78, 5) is 15.6. The van der Waals surface area contributed by atoms with Gasteiger partial charge in [0, 0.05) is 36.9 Å². The van der Waals surface area contributed by atoms with E-state index in [1.54, 1.807) is 11.3 Å². The van der Waals surface area contributed by atoms with E-state index in [1.807, 2.05) is 0 Å². The highest BCUT2D eigenvalue weighted by molar-refractivity contribution is 7.26. The third-order valence-corrected chi connectivity index (χ3v) is 11.0. The van der Waals surface area contributed by atoms with Crippen molar-refractivity contribution in [3.05, 3.63) is 176 Å². The van der Waals surface area contributed by atoms with Gasteiger partial charge in [-0.2, -0.15) is 0 Å². The molecule has 0 N–H and O–H groups in total. The molecule has 4 heteroatoms. The van der Waals surface area contributed by atoms with E-state index in [0.717, 1.165) is 33.4 Å². The summed E-state index contributed by atoms with van der Waals surface area (Å²) in [6.45, 7) is 0. The number of hydrogen-bond donors (Lipinski definition) is 0. The van der Waals surface area contributed by atoms with Crippen LogP contribution in [0.3, 0.4) is 0 Å². The zero-order chi connectivity index (χ0) is 33.7. The highest BCUT2D eigenvalue weighted by atomic mass is 32.1. The molecular formula is C47H29N3S. The number of rotatable bonds is 5. The second kappa shape index (κ2) is 12.1. The number of aromatic nitrogens is 3. The lowest BCUT2D eigenvalue weighted by Gasteiger charge is -2.13. The number of hydrogen-bond acceptors (Lipinski definition) is 4. The van der Waals surface area contributed by atoms with E-state index in [4.69, 9.17) is 15.0 Å². The van der Waals surface area contributed by atoms with Gasteiger partial charge >= 0.3 is 0 Å². The average molecular weight is 668 g/mol. The third kappa shape index (κ3) is 5.25. The lowest BCUT2D eigenvalue weighted by atomic mass is 9.96. The molecule has 0 amide bonds. The van der Waals surface area contributed by atoms with Gasteiger partial charge in [-0.25, -0.2) is 15.0 Å². The van der Waals surface area contributed by atoms with Crippen LogP contribution in [-0.2, 0) is 0 Å². The molecule has 8 aromatic carbocycles. The Kier molecular flexibility index (Phi) is 7.00. The highest BCUT2D eigenvalue weighted by Gasteiger charge is 2.18. The summed E-state index contributed by atoms with van der Waals surface area (Å²) in [6.07, 6.45) is 0. The summed E-state index contributed by atoms with van der Waals surface area (Å²) in [5, 5.41) is 7.34. The first kappa shape index (κ1) is 29.4. The van der Waals surface area contributed by atoms with Gasteiger partial charge in [0.2, 0.25) is 0 Å². The van der Waals surface area contributed by atoms with Crippen molar-refractivity contribution in [2.24, 2.45) is 0 Å². The van der Waals surface area contributed by atoms with Crippen molar-refractivity contribution < 1.29 is 0 Å². The fourth-order valence-electron chi connectivity index (χ4n) is 7.14. The predicted octanol–water partition coefficient (Wildman–Crippen LogP) is 12.9. The first-order valence-corrected chi connectivity index (χ1v) is 17.9. The van der Waals surface area contributed by atoms with Crippen LogP contribution in [0.15, 0.2) is 176 Å². The Morgan fingerprint density at radius 3 is 1.59 bits per heavy atom. The van der Waals surface area contributed by atoms with Gasteiger partial charge in [0.1, 0.15) is 0 Å². The Morgan fingerprint density at radius 1 is 0.314 bits per heavy atom. The molecule has 0 spiro atoms. The van der Waals surface area contributed by atoms with E-state index in [1.165, 1.54) is 47.3 Å². The van der Waals surface area contributed by atoms with E-state index in [2.05, 4.69) is 176 Å². The molecule has 10 aromatic rings. The molecule has 238 valence electrons. The van der Waals surface area contributed by atoms with Crippen LogP contribution >= 0.6 is 11.3 Å². The van der Waals surface area contributed by atoms with Crippen LogP contribution in [0.1, 0.15) is 0 Å². The average Bonchev–Trinajstić information content (AvgIpc) is 3.59. The van der Waals surface area contributed by atoms with Crippen LogP contribution in [0.25, 0.3) is 98.1 Å². The molecule has 0 aliphatic heterocycles. The fourth-order valence-corrected chi connectivity index (χ4v) is 8.35. The summed E-state index contributed by atoms with van der Waals surface area (Å²) >= 11 is 1.79. The number of benzene rings is 8. The molecule has 0 radical (unpaired) electrons. The Bertz CT molecular complexity index is 2920. The Hall–Kier alpha value is -6.49. The van der Waals surface area contributed by atoms with Gasteiger partial charge in [0.05, 0.1) is 0 Å². The van der Waals surface area contributed by atoms with Gasteiger partial charge in [-0.05, 0) is 68.1 Å². The van der Waals surface area contributed by atoms with Crippen molar-refractivity contribution in [3.8, 4) is 56.4 Å². The van der Waals surface area contributed by atoms with Crippen LogP contribution in [0.4, 0.5) is 0 Å². The summed E-state index contributed by atoms with van der Waals surface area (Å²) in [7, 11) is 0. The number of fused-ring (bicyclic) bond motifs is 5. The molecule has 51 heavy (non-hydrogen) atoms. The molecule has 3 nitrogen and oxygen atoms in total. The maximum absolute atomic E-state index is 5.25. The monoisotopic (exact) mass is 667 g/mol.